The smallest absolute Gasteiger partial charge is 0.165 e. The van der Waals surface area contributed by atoms with Crippen LogP contribution in [0.25, 0.3) is 0 Å². The summed E-state index contributed by atoms with van der Waals surface area (Å²) in [5.74, 6) is 0. The highest BCUT2D eigenvalue weighted by molar-refractivity contribution is 7.99. The van der Waals surface area contributed by atoms with Gasteiger partial charge in [0.2, 0.25) is 0 Å². The number of rotatable bonds is 5. The van der Waals surface area contributed by atoms with Crippen molar-refractivity contribution in [3.63, 3.8) is 0 Å². The molecule has 0 saturated heterocycles. The quantitative estimate of drug-likeness (QED) is 0.780. The van der Waals surface area contributed by atoms with Crippen molar-refractivity contribution in [1.29, 1.82) is 0 Å². The molecule has 84 valence electrons. The number of benzene rings is 1. The largest absolute Gasteiger partial charge is 0.340 e. The second-order valence-electron chi connectivity index (χ2n) is 3.49. The maximum Gasteiger partial charge on any atom is 0.165 e. The standard InChI is InChI=1S/C12H15N3S/c13-7-6-11(10-4-2-1-3-5-10)16-12-14-8-9-15-12/h1-5,8-9,11H,6-7,13H2,(H,14,15). The van der Waals surface area contributed by atoms with E-state index in [-0.39, 0.29) is 0 Å². The Bertz CT molecular complexity index is 399. The number of imidazole rings is 1. The molecule has 3 N–H and O–H groups in total. The molecule has 0 aliphatic rings. The first-order valence-electron chi connectivity index (χ1n) is 5.31. The molecule has 0 radical (unpaired) electrons. The highest BCUT2D eigenvalue weighted by atomic mass is 32.2. The number of nitrogens with two attached hydrogens (primary N) is 1. The predicted molar refractivity (Wildman–Crippen MR) is 67.3 cm³/mol. The van der Waals surface area contributed by atoms with Crippen molar-refractivity contribution < 1.29 is 0 Å². The Morgan fingerprint density at radius 3 is 2.75 bits per heavy atom. The molecule has 4 heteroatoms. The molecule has 3 nitrogen and oxygen atoms in total. The van der Waals surface area contributed by atoms with E-state index >= 15 is 0 Å². The maximum absolute atomic E-state index is 5.65. The van der Waals surface area contributed by atoms with Gasteiger partial charge in [-0.25, -0.2) is 4.98 Å². The van der Waals surface area contributed by atoms with Gasteiger partial charge >= 0.3 is 0 Å². The van der Waals surface area contributed by atoms with Crippen LogP contribution < -0.4 is 5.73 Å². The van der Waals surface area contributed by atoms with E-state index in [2.05, 4.69) is 34.2 Å². The van der Waals surface area contributed by atoms with Crippen LogP contribution in [0, 0.1) is 0 Å². The minimum atomic E-state index is 0.373. The summed E-state index contributed by atoms with van der Waals surface area (Å²) < 4.78 is 0. The average molecular weight is 233 g/mol. The first kappa shape index (κ1) is 11.2. The molecular weight excluding hydrogens is 218 g/mol. The fourth-order valence-corrected chi connectivity index (χ4v) is 2.64. The summed E-state index contributed by atoms with van der Waals surface area (Å²) in [5.41, 5.74) is 6.95. The lowest BCUT2D eigenvalue weighted by Gasteiger charge is -2.14. The van der Waals surface area contributed by atoms with Crippen molar-refractivity contribution in [3.8, 4) is 0 Å². The number of hydrogen-bond donors (Lipinski definition) is 2. The van der Waals surface area contributed by atoms with Gasteiger partial charge in [0.1, 0.15) is 0 Å². The van der Waals surface area contributed by atoms with E-state index in [1.807, 2.05) is 12.3 Å². The third-order valence-corrected chi connectivity index (χ3v) is 3.57. The molecule has 0 amide bonds. The first-order chi connectivity index (χ1) is 7.90. The van der Waals surface area contributed by atoms with Crippen LogP contribution in [-0.4, -0.2) is 16.5 Å². The lowest BCUT2D eigenvalue weighted by Crippen LogP contribution is -2.05. The summed E-state index contributed by atoms with van der Waals surface area (Å²) in [6, 6.07) is 10.4. The van der Waals surface area contributed by atoms with Crippen molar-refractivity contribution in [3.05, 3.63) is 48.3 Å². The van der Waals surface area contributed by atoms with Gasteiger partial charge in [0.05, 0.1) is 0 Å². The van der Waals surface area contributed by atoms with Crippen molar-refractivity contribution in [2.24, 2.45) is 5.73 Å². The van der Waals surface area contributed by atoms with Gasteiger partial charge in [-0.15, -0.1) is 0 Å². The van der Waals surface area contributed by atoms with Crippen molar-refractivity contribution in [2.75, 3.05) is 6.54 Å². The zero-order valence-corrected chi connectivity index (χ0v) is 9.78. The number of hydrogen-bond acceptors (Lipinski definition) is 3. The molecule has 0 bridgehead atoms. The molecule has 2 aromatic rings. The van der Waals surface area contributed by atoms with Crippen LogP contribution in [0.5, 0.6) is 0 Å². The number of nitrogens with one attached hydrogen (secondary N) is 1. The van der Waals surface area contributed by atoms with E-state index in [9.17, 15) is 0 Å². The van der Waals surface area contributed by atoms with Crippen LogP contribution >= 0.6 is 11.8 Å². The second-order valence-corrected chi connectivity index (χ2v) is 4.68. The summed E-state index contributed by atoms with van der Waals surface area (Å²) >= 11 is 1.73. The normalized spacial score (nSPS) is 12.6. The van der Waals surface area contributed by atoms with Crippen LogP contribution in [0.3, 0.4) is 0 Å². The molecule has 0 aliphatic carbocycles. The summed E-state index contributed by atoms with van der Waals surface area (Å²) in [6.07, 6.45) is 4.56. The molecule has 0 spiro atoms. The number of aromatic amines is 1. The Hall–Kier alpha value is -1.26. The van der Waals surface area contributed by atoms with E-state index in [0.29, 0.717) is 11.8 Å². The third-order valence-electron chi connectivity index (χ3n) is 2.33. The van der Waals surface area contributed by atoms with Crippen LogP contribution in [-0.2, 0) is 0 Å². The molecule has 0 saturated carbocycles. The Morgan fingerprint density at radius 2 is 2.12 bits per heavy atom. The van der Waals surface area contributed by atoms with E-state index in [1.54, 1.807) is 18.0 Å². The Morgan fingerprint density at radius 1 is 1.31 bits per heavy atom. The topological polar surface area (TPSA) is 54.7 Å². The lowest BCUT2D eigenvalue weighted by atomic mass is 10.1. The molecule has 1 aromatic carbocycles. The minimum Gasteiger partial charge on any atom is -0.340 e. The molecule has 0 aliphatic heterocycles. The van der Waals surface area contributed by atoms with Crippen molar-refractivity contribution >= 4 is 11.8 Å². The molecular formula is C12H15N3S. The summed E-state index contributed by atoms with van der Waals surface area (Å²) in [7, 11) is 0. The van der Waals surface area contributed by atoms with E-state index in [1.165, 1.54) is 5.56 Å². The molecule has 2 rings (SSSR count). The zero-order valence-electron chi connectivity index (χ0n) is 8.97. The predicted octanol–water partition coefficient (Wildman–Crippen LogP) is 2.59. The number of thioether (sulfide) groups is 1. The summed E-state index contributed by atoms with van der Waals surface area (Å²) in [6.45, 7) is 0.688. The highest BCUT2D eigenvalue weighted by Crippen LogP contribution is 2.35. The zero-order chi connectivity index (χ0) is 11.2. The van der Waals surface area contributed by atoms with E-state index < -0.39 is 0 Å². The molecule has 0 fully saturated rings. The summed E-state index contributed by atoms with van der Waals surface area (Å²) in [5, 5.41) is 1.32. The molecule has 16 heavy (non-hydrogen) atoms. The van der Waals surface area contributed by atoms with Gasteiger partial charge in [-0.2, -0.15) is 0 Å². The van der Waals surface area contributed by atoms with Crippen molar-refractivity contribution in [1.82, 2.24) is 9.97 Å². The Labute approximate surface area is 99.5 Å². The molecule has 1 heterocycles. The number of H-pyrrole nitrogens is 1. The van der Waals surface area contributed by atoms with Gasteiger partial charge in [0.15, 0.2) is 5.16 Å². The number of aromatic nitrogens is 2. The fraction of sp³-hybridized carbons (Fsp3) is 0.250. The monoisotopic (exact) mass is 233 g/mol. The molecule has 1 unspecified atom stereocenters. The lowest BCUT2D eigenvalue weighted by molar-refractivity contribution is 0.809. The first-order valence-corrected chi connectivity index (χ1v) is 6.19. The van der Waals surface area contributed by atoms with Gasteiger partial charge < -0.3 is 10.7 Å². The second kappa shape index (κ2) is 5.72. The SMILES string of the molecule is NCCC(Sc1ncc[nH]1)c1ccccc1. The van der Waals surface area contributed by atoms with Gasteiger partial charge in [0, 0.05) is 17.6 Å². The molecule has 1 atom stereocenters. The van der Waals surface area contributed by atoms with Gasteiger partial charge in [0.25, 0.3) is 0 Å². The van der Waals surface area contributed by atoms with Gasteiger partial charge in [-0.05, 0) is 18.5 Å². The van der Waals surface area contributed by atoms with Crippen LogP contribution in [0.1, 0.15) is 17.2 Å². The van der Waals surface area contributed by atoms with Crippen molar-refractivity contribution in [2.45, 2.75) is 16.8 Å². The van der Waals surface area contributed by atoms with E-state index in [0.717, 1.165) is 11.6 Å². The average Bonchev–Trinajstić information content (AvgIpc) is 2.83. The maximum atomic E-state index is 5.65. The molecule has 1 aromatic heterocycles. The number of nitrogens with zero attached hydrogens (tertiary/aromatic N) is 1. The van der Waals surface area contributed by atoms with Crippen LogP contribution in [0.15, 0.2) is 47.9 Å². The Balaban J connectivity index is 2.11. The van der Waals surface area contributed by atoms with Gasteiger partial charge in [-0.3, -0.25) is 0 Å². The third kappa shape index (κ3) is 2.87. The van der Waals surface area contributed by atoms with Crippen LogP contribution in [0.2, 0.25) is 0 Å². The minimum absolute atomic E-state index is 0.373. The van der Waals surface area contributed by atoms with Gasteiger partial charge in [-0.1, -0.05) is 42.1 Å². The Kier molecular flexibility index (Phi) is 4.02. The fourth-order valence-electron chi connectivity index (χ4n) is 1.56. The highest BCUT2D eigenvalue weighted by Gasteiger charge is 2.13. The van der Waals surface area contributed by atoms with E-state index in [4.69, 9.17) is 5.73 Å². The van der Waals surface area contributed by atoms with Crippen LogP contribution in [0.4, 0.5) is 0 Å². The summed E-state index contributed by atoms with van der Waals surface area (Å²) in [4.78, 5) is 7.34.